The lowest BCUT2D eigenvalue weighted by molar-refractivity contribution is -0.116. The number of benzene rings is 3. The Morgan fingerprint density at radius 3 is 2.29 bits per heavy atom. The molecule has 34 heavy (non-hydrogen) atoms. The summed E-state index contributed by atoms with van der Waals surface area (Å²) in [7, 11) is 1.25. The van der Waals surface area contributed by atoms with E-state index in [0.717, 1.165) is 15.7 Å². The van der Waals surface area contributed by atoms with Crippen molar-refractivity contribution in [3.8, 4) is 0 Å². The SMILES string of the molecule is COC(=O)c1ccccc1NC(=O)Cn1c(=O)n(Cc2ccc(C)cc2)c(=O)c2ccccc21. The average molecular weight is 457 g/mol. The van der Waals surface area contributed by atoms with E-state index in [1.807, 2.05) is 31.2 Å². The normalized spacial score (nSPS) is 10.8. The number of nitrogens with one attached hydrogen (secondary N) is 1. The highest BCUT2D eigenvalue weighted by Crippen LogP contribution is 2.16. The number of aryl methyl sites for hydroxylation is 1. The van der Waals surface area contributed by atoms with Crippen LogP contribution in [0.25, 0.3) is 10.9 Å². The molecule has 4 rings (SSSR count). The van der Waals surface area contributed by atoms with Crippen LogP contribution in [0.2, 0.25) is 0 Å². The first kappa shape index (κ1) is 22.7. The number of rotatable bonds is 6. The number of carbonyl (C=O) groups excluding carboxylic acids is 2. The summed E-state index contributed by atoms with van der Waals surface area (Å²) in [5, 5.41) is 3.00. The van der Waals surface area contributed by atoms with Crippen LogP contribution in [0.4, 0.5) is 5.69 Å². The van der Waals surface area contributed by atoms with Crippen molar-refractivity contribution in [3.05, 3.63) is 110 Å². The fourth-order valence-electron chi connectivity index (χ4n) is 3.75. The van der Waals surface area contributed by atoms with Crippen molar-refractivity contribution in [2.45, 2.75) is 20.0 Å². The van der Waals surface area contributed by atoms with E-state index in [9.17, 15) is 19.2 Å². The van der Waals surface area contributed by atoms with Gasteiger partial charge >= 0.3 is 11.7 Å². The predicted octanol–water partition coefficient (Wildman–Crippen LogP) is 2.95. The highest BCUT2D eigenvalue weighted by Gasteiger charge is 2.18. The van der Waals surface area contributed by atoms with Crippen LogP contribution in [0.15, 0.2) is 82.4 Å². The van der Waals surface area contributed by atoms with Gasteiger partial charge < -0.3 is 10.1 Å². The Balaban J connectivity index is 1.73. The third-order valence-corrected chi connectivity index (χ3v) is 5.50. The molecule has 1 heterocycles. The zero-order valence-electron chi connectivity index (χ0n) is 18.8. The largest absolute Gasteiger partial charge is 0.465 e. The molecule has 0 atom stereocenters. The Morgan fingerprint density at radius 1 is 0.882 bits per heavy atom. The monoisotopic (exact) mass is 457 g/mol. The van der Waals surface area contributed by atoms with Crippen LogP contribution in [0.1, 0.15) is 21.5 Å². The first-order valence-corrected chi connectivity index (χ1v) is 10.6. The minimum absolute atomic E-state index is 0.0789. The number of aromatic nitrogens is 2. The molecule has 0 saturated carbocycles. The third kappa shape index (κ3) is 4.52. The molecule has 1 aromatic heterocycles. The van der Waals surface area contributed by atoms with Crippen LogP contribution in [0.3, 0.4) is 0 Å². The molecule has 0 aliphatic rings. The van der Waals surface area contributed by atoms with Crippen LogP contribution in [0, 0.1) is 6.92 Å². The van der Waals surface area contributed by atoms with Crippen LogP contribution in [-0.4, -0.2) is 28.1 Å². The molecule has 172 valence electrons. The topological polar surface area (TPSA) is 99.4 Å². The number of fused-ring (bicyclic) bond motifs is 1. The van der Waals surface area contributed by atoms with E-state index in [2.05, 4.69) is 5.32 Å². The molecule has 0 unspecified atom stereocenters. The smallest absolute Gasteiger partial charge is 0.339 e. The van der Waals surface area contributed by atoms with Crippen molar-refractivity contribution in [2.24, 2.45) is 0 Å². The van der Waals surface area contributed by atoms with Gasteiger partial charge in [-0.05, 0) is 36.8 Å². The second-order valence-corrected chi connectivity index (χ2v) is 7.85. The maximum atomic E-state index is 13.4. The van der Waals surface area contributed by atoms with Gasteiger partial charge in [-0.25, -0.2) is 9.59 Å². The van der Waals surface area contributed by atoms with Crippen molar-refractivity contribution < 1.29 is 14.3 Å². The molecule has 1 N–H and O–H groups in total. The van der Waals surface area contributed by atoms with Crippen LogP contribution >= 0.6 is 0 Å². The summed E-state index contributed by atoms with van der Waals surface area (Å²) in [6.07, 6.45) is 0. The van der Waals surface area contributed by atoms with Crippen LogP contribution < -0.4 is 16.6 Å². The Labute approximate surface area is 195 Å². The summed E-state index contributed by atoms with van der Waals surface area (Å²) in [5.41, 5.74) is 1.66. The number of hydrogen-bond donors (Lipinski definition) is 1. The molecule has 4 aromatic rings. The number of amides is 1. The Hall–Kier alpha value is -4.46. The van der Waals surface area contributed by atoms with Crippen LogP contribution in [-0.2, 0) is 22.6 Å². The second kappa shape index (κ2) is 9.58. The number of hydrogen-bond acceptors (Lipinski definition) is 5. The number of carbonyl (C=O) groups is 2. The maximum absolute atomic E-state index is 13.4. The van der Waals surface area contributed by atoms with Gasteiger partial charge in [0.05, 0.1) is 35.8 Å². The lowest BCUT2D eigenvalue weighted by atomic mass is 10.1. The molecule has 8 heteroatoms. The summed E-state index contributed by atoms with van der Waals surface area (Å²) in [4.78, 5) is 51.4. The van der Waals surface area contributed by atoms with Crippen molar-refractivity contribution in [1.29, 1.82) is 0 Å². The standard InChI is InChI=1S/C26H23N3O5/c1-17-11-13-18(14-12-17)15-29-24(31)20-8-4-6-10-22(20)28(26(29)33)16-23(30)27-21-9-5-3-7-19(21)25(32)34-2/h3-14H,15-16H2,1-2H3,(H,27,30). The quantitative estimate of drug-likeness (QED) is 0.449. The van der Waals surface area contributed by atoms with Crippen molar-refractivity contribution >= 4 is 28.5 Å². The van der Waals surface area contributed by atoms with Crippen molar-refractivity contribution in [2.75, 3.05) is 12.4 Å². The van der Waals surface area contributed by atoms with E-state index in [-0.39, 0.29) is 24.3 Å². The lowest BCUT2D eigenvalue weighted by Gasteiger charge is -2.15. The predicted molar refractivity (Wildman–Crippen MR) is 129 cm³/mol. The van der Waals surface area contributed by atoms with E-state index in [4.69, 9.17) is 4.74 Å². The highest BCUT2D eigenvalue weighted by molar-refractivity contribution is 6.01. The van der Waals surface area contributed by atoms with Gasteiger partial charge in [0, 0.05) is 0 Å². The van der Waals surface area contributed by atoms with Gasteiger partial charge in [0.2, 0.25) is 5.91 Å². The summed E-state index contributed by atoms with van der Waals surface area (Å²) in [6.45, 7) is 1.69. The molecule has 8 nitrogen and oxygen atoms in total. The van der Waals surface area contributed by atoms with E-state index in [1.165, 1.54) is 17.7 Å². The first-order valence-electron chi connectivity index (χ1n) is 10.6. The number of anilines is 1. The molecule has 1 amide bonds. The van der Waals surface area contributed by atoms with E-state index < -0.39 is 23.1 Å². The number of nitrogens with zero attached hydrogens (tertiary/aromatic N) is 2. The number of methoxy groups -OCH3 is 1. The van der Waals surface area contributed by atoms with Gasteiger partial charge in [0.15, 0.2) is 0 Å². The van der Waals surface area contributed by atoms with E-state index >= 15 is 0 Å². The lowest BCUT2D eigenvalue weighted by Crippen LogP contribution is -2.42. The fraction of sp³-hybridized carbons (Fsp3) is 0.154. The molecule has 0 saturated heterocycles. The second-order valence-electron chi connectivity index (χ2n) is 7.85. The summed E-state index contributed by atoms with van der Waals surface area (Å²) >= 11 is 0. The fourth-order valence-corrected chi connectivity index (χ4v) is 3.75. The van der Waals surface area contributed by atoms with Crippen LogP contribution in [0.5, 0.6) is 0 Å². The minimum Gasteiger partial charge on any atom is -0.465 e. The summed E-state index contributed by atoms with van der Waals surface area (Å²) in [6, 6.07) is 20.6. The van der Waals surface area contributed by atoms with Gasteiger partial charge in [0.25, 0.3) is 5.56 Å². The molecule has 0 aliphatic heterocycles. The van der Waals surface area contributed by atoms with Crippen molar-refractivity contribution in [1.82, 2.24) is 9.13 Å². The molecule has 0 bridgehead atoms. The number of esters is 1. The van der Waals surface area contributed by atoms with Gasteiger partial charge in [-0.2, -0.15) is 0 Å². The van der Waals surface area contributed by atoms with Gasteiger partial charge in [-0.3, -0.25) is 18.7 Å². The molecular formula is C26H23N3O5. The van der Waals surface area contributed by atoms with Crippen molar-refractivity contribution in [3.63, 3.8) is 0 Å². The van der Waals surface area contributed by atoms with E-state index in [1.54, 1.807) is 42.5 Å². The zero-order valence-corrected chi connectivity index (χ0v) is 18.8. The molecule has 0 fully saturated rings. The van der Waals surface area contributed by atoms with Gasteiger partial charge in [0.1, 0.15) is 6.54 Å². The first-order chi connectivity index (χ1) is 16.4. The summed E-state index contributed by atoms with van der Waals surface area (Å²) in [5.74, 6) is -1.12. The molecule has 0 radical (unpaired) electrons. The Kier molecular flexibility index (Phi) is 6.40. The van der Waals surface area contributed by atoms with E-state index in [0.29, 0.717) is 10.9 Å². The maximum Gasteiger partial charge on any atom is 0.339 e. The van der Waals surface area contributed by atoms with Gasteiger partial charge in [-0.15, -0.1) is 0 Å². The Bertz CT molecular complexity index is 1500. The third-order valence-electron chi connectivity index (χ3n) is 5.50. The minimum atomic E-state index is -0.597. The molecule has 0 aliphatic carbocycles. The summed E-state index contributed by atoms with van der Waals surface area (Å²) < 4.78 is 7.16. The zero-order chi connectivity index (χ0) is 24.2. The highest BCUT2D eigenvalue weighted by atomic mass is 16.5. The Morgan fingerprint density at radius 2 is 1.56 bits per heavy atom. The molecule has 0 spiro atoms. The van der Waals surface area contributed by atoms with Gasteiger partial charge in [-0.1, -0.05) is 54.1 Å². The molecular weight excluding hydrogens is 434 g/mol. The average Bonchev–Trinajstić information content (AvgIpc) is 2.85. The molecule has 3 aromatic carbocycles. The number of ether oxygens (including phenoxy) is 1. The number of para-hydroxylation sites is 2.